The van der Waals surface area contributed by atoms with E-state index in [0.29, 0.717) is 17.7 Å². The summed E-state index contributed by atoms with van der Waals surface area (Å²) in [5, 5.41) is 0.0324. The molecule has 1 aliphatic heterocycles. The van der Waals surface area contributed by atoms with Gasteiger partial charge in [0.25, 0.3) is 11.8 Å². The Hall–Kier alpha value is -1.61. The van der Waals surface area contributed by atoms with Gasteiger partial charge in [-0.1, -0.05) is 54.8 Å². The highest BCUT2D eigenvalue weighted by atomic mass is 35.5. The summed E-state index contributed by atoms with van der Waals surface area (Å²) in [4.78, 5) is 25.5. The summed E-state index contributed by atoms with van der Waals surface area (Å²) in [6.07, 6.45) is 1.72. The van der Waals surface area contributed by atoms with Crippen LogP contribution in [0.4, 0.5) is 0 Å². The molecule has 0 spiro atoms. The highest BCUT2D eigenvalue weighted by Crippen LogP contribution is 2.31. The van der Waals surface area contributed by atoms with Gasteiger partial charge in [0.05, 0.1) is 5.57 Å². The van der Waals surface area contributed by atoms with Crippen molar-refractivity contribution in [3.05, 3.63) is 40.4 Å². The third kappa shape index (κ3) is 2.56. The molecule has 1 aliphatic rings. The number of unbranched alkanes of at least 4 members (excludes halogenated alkanes) is 1. The van der Waals surface area contributed by atoms with E-state index >= 15 is 0 Å². The number of amides is 2. The van der Waals surface area contributed by atoms with Crippen LogP contribution in [-0.2, 0) is 9.59 Å². The summed E-state index contributed by atoms with van der Waals surface area (Å²) >= 11 is 6.04. The average molecular weight is 278 g/mol. The lowest BCUT2D eigenvalue weighted by Crippen LogP contribution is -2.32. The molecule has 0 unspecified atom stereocenters. The standard InChI is InChI=1S/C15H16ClNO2/c1-3-4-9-17-14(18)12(13(16)15(17)19)11-7-5-10(2)6-8-11/h5-8H,3-4,9H2,1-2H3. The molecule has 2 rings (SSSR count). The zero-order valence-electron chi connectivity index (χ0n) is 11.1. The summed E-state index contributed by atoms with van der Waals surface area (Å²) in [6, 6.07) is 7.45. The molecule has 2 amide bonds. The fourth-order valence-electron chi connectivity index (χ4n) is 2.04. The highest BCUT2D eigenvalue weighted by Gasteiger charge is 2.37. The lowest BCUT2D eigenvalue weighted by molar-refractivity contribution is -0.136. The van der Waals surface area contributed by atoms with Gasteiger partial charge in [-0.2, -0.15) is 0 Å². The topological polar surface area (TPSA) is 37.4 Å². The minimum absolute atomic E-state index is 0.0324. The summed E-state index contributed by atoms with van der Waals surface area (Å²) in [7, 11) is 0. The Labute approximate surface area is 117 Å². The number of nitrogens with zero attached hydrogens (tertiary/aromatic N) is 1. The van der Waals surface area contributed by atoms with Gasteiger partial charge in [0.2, 0.25) is 0 Å². The van der Waals surface area contributed by atoms with Gasteiger partial charge >= 0.3 is 0 Å². The van der Waals surface area contributed by atoms with Crippen LogP contribution in [0.15, 0.2) is 29.3 Å². The van der Waals surface area contributed by atoms with Crippen LogP contribution in [0.2, 0.25) is 0 Å². The van der Waals surface area contributed by atoms with Crippen LogP contribution in [0, 0.1) is 6.92 Å². The molecule has 0 atom stereocenters. The second-order valence-electron chi connectivity index (χ2n) is 4.67. The van der Waals surface area contributed by atoms with Gasteiger partial charge in [-0.15, -0.1) is 0 Å². The van der Waals surface area contributed by atoms with Gasteiger partial charge in [0.15, 0.2) is 0 Å². The van der Waals surface area contributed by atoms with Gasteiger partial charge in [0.1, 0.15) is 5.03 Å². The first-order valence-electron chi connectivity index (χ1n) is 6.39. The first kappa shape index (κ1) is 13.8. The fraction of sp³-hybridized carbons (Fsp3) is 0.333. The molecule has 4 heteroatoms. The molecule has 3 nitrogen and oxygen atoms in total. The van der Waals surface area contributed by atoms with E-state index in [9.17, 15) is 9.59 Å². The van der Waals surface area contributed by atoms with Gasteiger partial charge in [0, 0.05) is 6.54 Å². The number of benzene rings is 1. The van der Waals surface area contributed by atoms with Crippen LogP contribution in [0.3, 0.4) is 0 Å². The van der Waals surface area contributed by atoms with E-state index in [4.69, 9.17) is 11.6 Å². The number of carbonyl (C=O) groups excluding carboxylic acids is 2. The van der Waals surface area contributed by atoms with E-state index in [1.54, 1.807) is 0 Å². The number of aryl methyl sites for hydroxylation is 1. The second kappa shape index (κ2) is 5.57. The molecular formula is C15H16ClNO2. The van der Waals surface area contributed by atoms with Crippen molar-refractivity contribution in [2.45, 2.75) is 26.7 Å². The van der Waals surface area contributed by atoms with Crippen molar-refractivity contribution in [1.82, 2.24) is 4.90 Å². The summed E-state index contributed by atoms with van der Waals surface area (Å²) < 4.78 is 0. The smallest absolute Gasteiger partial charge is 0.273 e. The van der Waals surface area contributed by atoms with Crippen molar-refractivity contribution in [3.8, 4) is 0 Å². The molecule has 0 saturated carbocycles. The molecule has 0 aromatic heterocycles. The Morgan fingerprint density at radius 3 is 2.32 bits per heavy atom. The van der Waals surface area contributed by atoms with E-state index < -0.39 is 0 Å². The maximum atomic E-state index is 12.3. The van der Waals surface area contributed by atoms with Gasteiger partial charge in [-0.25, -0.2) is 0 Å². The largest absolute Gasteiger partial charge is 0.274 e. The Kier molecular flexibility index (Phi) is 4.05. The molecule has 0 aliphatic carbocycles. The molecule has 0 radical (unpaired) electrons. The van der Waals surface area contributed by atoms with Gasteiger partial charge in [-0.05, 0) is 18.9 Å². The molecular weight excluding hydrogens is 262 g/mol. The van der Waals surface area contributed by atoms with Crippen molar-refractivity contribution in [1.29, 1.82) is 0 Å². The minimum Gasteiger partial charge on any atom is -0.274 e. The number of imide groups is 1. The molecule has 0 N–H and O–H groups in total. The summed E-state index contributed by atoms with van der Waals surface area (Å²) in [5.74, 6) is -0.664. The van der Waals surface area contributed by atoms with Crippen molar-refractivity contribution in [2.75, 3.05) is 6.54 Å². The molecule has 1 heterocycles. The maximum absolute atomic E-state index is 12.3. The van der Waals surface area contributed by atoms with E-state index in [0.717, 1.165) is 18.4 Å². The predicted molar refractivity (Wildman–Crippen MR) is 75.6 cm³/mol. The number of hydrogen-bond acceptors (Lipinski definition) is 2. The van der Waals surface area contributed by atoms with Crippen molar-refractivity contribution < 1.29 is 9.59 Å². The lowest BCUT2D eigenvalue weighted by atomic mass is 10.0. The van der Waals surface area contributed by atoms with Gasteiger partial charge in [-0.3, -0.25) is 14.5 Å². The first-order chi connectivity index (χ1) is 9.06. The first-order valence-corrected chi connectivity index (χ1v) is 6.77. The van der Waals surface area contributed by atoms with E-state index in [1.807, 2.05) is 38.1 Å². The van der Waals surface area contributed by atoms with E-state index in [1.165, 1.54) is 4.90 Å². The SMILES string of the molecule is CCCCN1C(=O)C(Cl)=C(c2ccc(C)cc2)C1=O. The second-order valence-corrected chi connectivity index (χ2v) is 5.05. The monoisotopic (exact) mass is 277 g/mol. The van der Waals surface area contributed by atoms with Crippen LogP contribution in [0.5, 0.6) is 0 Å². The molecule has 0 fully saturated rings. The Morgan fingerprint density at radius 1 is 1.11 bits per heavy atom. The maximum Gasteiger partial charge on any atom is 0.273 e. The zero-order chi connectivity index (χ0) is 14.0. The Morgan fingerprint density at radius 2 is 1.74 bits per heavy atom. The average Bonchev–Trinajstić information content (AvgIpc) is 2.60. The number of hydrogen-bond donors (Lipinski definition) is 0. The molecule has 19 heavy (non-hydrogen) atoms. The molecule has 0 saturated heterocycles. The lowest BCUT2D eigenvalue weighted by Gasteiger charge is -2.13. The van der Waals surface area contributed by atoms with Crippen LogP contribution in [-0.4, -0.2) is 23.3 Å². The van der Waals surface area contributed by atoms with Crippen LogP contribution in [0.1, 0.15) is 30.9 Å². The molecule has 1 aromatic rings. The van der Waals surface area contributed by atoms with Crippen LogP contribution >= 0.6 is 11.6 Å². The minimum atomic E-state index is -0.379. The normalized spacial score (nSPS) is 15.6. The molecule has 0 bridgehead atoms. The van der Waals surface area contributed by atoms with Crippen LogP contribution in [0.25, 0.3) is 5.57 Å². The molecule has 1 aromatic carbocycles. The third-order valence-electron chi connectivity index (χ3n) is 3.19. The fourth-order valence-corrected chi connectivity index (χ4v) is 2.33. The Bertz CT molecular complexity index is 546. The zero-order valence-corrected chi connectivity index (χ0v) is 11.8. The number of carbonyl (C=O) groups is 2. The van der Waals surface area contributed by atoms with Crippen LogP contribution < -0.4 is 0 Å². The summed E-state index contributed by atoms with van der Waals surface area (Å²) in [5.41, 5.74) is 2.12. The highest BCUT2D eigenvalue weighted by molar-refractivity contribution is 6.55. The van der Waals surface area contributed by atoms with E-state index in [2.05, 4.69) is 0 Å². The molecule has 100 valence electrons. The predicted octanol–water partition coefficient (Wildman–Crippen LogP) is 3.11. The van der Waals surface area contributed by atoms with Crippen molar-refractivity contribution in [2.24, 2.45) is 0 Å². The Balaban J connectivity index is 2.32. The number of halogens is 1. The third-order valence-corrected chi connectivity index (χ3v) is 3.54. The summed E-state index contributed by atoms with van der Waals surface area (Å²) in [6.45, 7) is 4.41. The number of rotatable bonds is 4. The van der Waals surface area contributed by atoms with Crippen molar-refractivity contribution in [3.63, 3.8) is 0 Å². The van der Waals surface area contributed by atoms with Crippen molar-refractivity contribution >= 4 is 29.0 Å². The quantitative estimate of drug-likeness (QED) is 0.793. The van der Waals surface area contributed by atoms with E-state index in [-0.39, 0.29) is 16.8 Å². The van der Waals surface area contributed by atoms with Gasteiger partial charge < -0.3 is 0 Å².